The Morgan fingerprint density at radius 2 is 1.58 bits per heavy atom. The van der Waals surface area contributed by atoms with E-state index in [2.05, 4.69) is 4.90 Å². The molecule has 0 spiro atoms. The molecule has 0 unspecified atom stereocenters. The van der Waals surface area contributed by atoms with Crippen LogP contribution >= 0.6 is 0 Å². The number of alkyl halides is 3. The van der Waals surface area contributed by atoms with E-state index in [1.54, 1.807) is 23.1 Å². The summed E-state index contributed by atoms with van der Waals surface area (Å²) in [7, 11) is 0. The van der Waals surface area contributed by atoms with E-state index in [1.807, 2.05) is 20.8 Å². The van der Waals surface area contributed by atoms with Crippen LogP contribution < -0.4 is 4.90 Å². The van der Waals surface area contributed by atoms with Gasteiger partial charge in [0.25, 0.3) is 0 Å². The van der Waals surface area contributed by atoms with Gasteiger partial charge in [0.15, 0.2) is 0 Å². The fourth-order valence-electron chi connectivity index (χ4n) is 3.43. The predicted molar refractivity (Wildman–Crippen MR) is 112 cm³/mol. The molecule has 0 bridgehead atoms. The lowest BCUT2D eigenvalue weighted by Crippen LogP contribution is -2.50. The molecule has 2 aromatic carbocycles. The number of ether oxygens (including phenoxy) is 1. The molecule has 1 heterocycles. The SMILES string of the molecule is CC(C)(C)OC(=O)N1CCN(c2ccc(C=O)cc2-c2ccc(C(F)(F)F)cc2)CC1. The lowest BCUT2D eigenvalue weighted by molar-refractivity contribution is -0.137. The van der Waals surface area contributed by atoms with Crippen molar-refractivity contribution in [2.24, 2.45) is 0 Å². The van der Waals surface area contributed by atoms with Gasteiger partial charge in [0, 0.05) is 43.0 Å². The number of benzene rings is 2. The number of aldehydes is 1. The lowest BCUT2D eigenvalue weighted by atomic mass is 9.98. The van der Waals surface area contributed by atoms with Crippen LogP contribution in [0.25, 0.3) is 11.1 Å². The van der Waals surface area contributed by atoms with Crippen molar-refractivity contribution >= 4 is 18.1 Å². The van der Waals surface area contributed by atoms with Gasteiger partial charge in [-0.25, -0.2) is 4.79 Å². The number of hydrogen-bond acceptors (Lipinski definition) is 4. The van der Waals surface area contributed by atoms with Crippen LogP contribution in [-0.4, -0.2) is 49.1 Å². The Balaban J connectivity index is 1.83. The first-order valence-electron chi connectivity index (χ1n) is 9.98. The molecule has 0 radical (unpaired) electrons. The highest BCUT2D eigenvalue weighted by Gasteiger charge is 2.30. The Labute approximate surface area is 179 Å². The Morgan fingerprint density at radius 1 is 0.968 bits per heavy atom. The third kappa shape index (κ3) is 5.57. The molecule has 1 aliphatic heterocycles. The number of piperazine rings is 1. The maximum absolute atomic E-state index is 12.9. The van der Waals surface area contributed by atoms with E-state index >= 15 is 0 Å². The highest BCUT2D eigenvalue weighted by molar-refractivity contribution is 5.86. The molecule has 31 heavy (non-hydrogen) atoms. The summed E-state index contributed by atoms with van der Waals surface area (Å²) in [6.45, 7) is 7.42. The highest BCUT2D eigenvalue weighted by Crippen LogP contribution is 2.35. The molecule has 0 saturated carbocycles. The number of halogens is 3. The van der Waals surface area contributed by atoms with E-state index in [0.717, 1.165) is 17.8 Å². The lowest BCUT2D eigenvalue weighted by Gasteiger charge is -2.37. The average Bonchev–Trinajstić information content (AvgIpc) is 2.71. The van der Waals surface area contributed by atoms with Crippen molar-refractivity contribution in [1.82, 2.24) is 4.90 Å². The molecule has 0 N–H and O–H groups in total. The van der Waals surface area contributed by atoms with E-state index in [4.69, 9.17) is 4.74 Å². The van der Waals surface area contributed by atoms with Crippen molar-refractivity contribution in [3.05, 3.63) is 53.6 Å². The molecule has 166 valence electrons. The van der Waals surface area contributed by atoms with Gasteiger partial charge in [-0.1, -0.05) is 12.1 Å². The van der Waals surface area contributed by atoms with Crippen LogP contribution in [0.1, 0.15) is 36.7 Å². The summed E-state index contributed by atoms with van der Waals surface area (Å²) in [5.74, 6) is 0. The summed E-state index contributed by atoms with van der Waals surface area (Å²) in [5.41, 5.74) is 1.19. The number of carbonyl (C=O) groups is 2. The van der Waals surface area contributed by atoms with Crippen LogP contribution in [0.15, 0.2) is 42.5 Å². The van der Waals surface area contributed by atoms with Crippen molar-refractivity contribution in [1.29, 1.82) is 0 Å². The van der Waals surface area contributed by atoms with Crippen molar-refractivity contribution in [3.8, 4) is 11.1 Å². The molecular weight excluding hydrogens is 409 g/mol. The molecule has 1 fully saturated rings. The van der Waals surface area contributed by atoms with Crippen LogP contribution in [0.5, 0.6) is 0 Å². The number of rotatable bonds is 3. The molecule has 5 nitrogen and oxygen atoms in total. The summed E-state index contributed by atoms with van der Waals surface area (Å²) in [6, 6.07) is 10.0. The molecular formula is C23H25F3N2O3. The smallest absolute Gasteiger partial charge is 0.416 e. The molecule has 8 heteroatoms. The van der Waals surface area contributed by atoms with E-state index in [1.165, 1.54) is 12.1 Å². The van der Waals surface area contributed by atoms with Gasteiger partial charge in [-0.15, -0.1) is 0 Å². The standard InChI is InChI=1S/C23H25F3N2O3/c1-22(2,3)31-21(30)28-12-10-27(11-13-28)20-9-4-16(15-29)14-19(20)17-5-7-18(8-6-17)23(24,25)26/h4-9,14-15H,10-13H2,1-3H3. The third-order valence-electron chi connectivity index (χ3n) is 4.95. The first kappa shape index (κ1) is 22.7. The second-order valence-corrected chi connectivity index (χ2v) is 8.42. The van der Waals surface area contributed by atoms with Crippen molar-refractivity contribution < 1.29 is 27.5 Å². The topological polar surface area (TPSA) is 49.9 Å². The largest absolute Gasteiger partial charge is 0.444 e. The minimum atomic E-state index is -4.41. The van der Waals surface area contributed by atoms with Crippen LogP contribution in [-0.2, 0) is 10.9 Å². The van der Waals surface area contributed by atoms with Crippen molar-refractivity contribution in [2.45, 2.75) is 32.5 Å². The van der Waals surface area contributed by atoms with Gasteiger partial charge in [-0.3, -0.25) is 4.79 Å². The van der Waals surface area contributed by atoms with Gasteiger partial charge in [0.05, 0.1) is 5.56 Å². The number of amides is 1. The van der Waals surface area contributed by atoms with E-state index < -0.39 is 17.3 Å². The predicted octanol–water partition coefficient (Wildman–Crippen LogP) is 5.24. The first-order valence-corrected chi connectivity index (χ1v) is 9.98. The minimum Gasteiger partial charge on any atom is -0.444 e. The summed E-state index contributed by atoms with van der Waals surface area (Å²) in [6.07, 6.45) is -4.08. The van der Waals surface area contributed by atoms with Gasteiger partial charge < -0.3 is 14.5 Å². The highest BCUT2D eigenvalue weighted by atomic mass is 19.4. The van der Waals surface area contributed by atoms with Crippen LogP contribution in [0, 0.1) is 0 Å². The maximum atomic E-state index is 12.9. The number of nitrogens with zero attached hydrogens (tertiary/aromatic N) is 2. The molecule has 0 aromatic heterocycles. The Morgan fingerprint density at radius 3 is 2.10 bits per heavy atom. The van der Waals surface area contributed by atoms with E-state index in [9.17, 15) is 22.8 Å². The second kappa shape index (κ2) is 8.61. The Bertz CT molecular complexity index is 942. The molecule has 2 aromatic rings. The van der Waals surface area contributed by atoms with Crippen molar-refractivity contribution in [2.75, 3.05) is 31.1 Å². The zero-order chi connectivity index (χ0) is 22.8. The molecule has 1 amide bonds. The molecule has 3 rings (SSSR count). The molecule has 0 aliphatic carbocycles. The Kier molecular flexibility index (Phi) is 6.29. The second-order valence-electron chi connectivity index (χ2n) is 8.42. The van der Waals surface area contributed by atoms with Gasteiger partial charge in [-0.05, 0) is 56.7 Å². The Hall–Kier alpha value is -3.03. The summed E-state index contributed by atoms with van der Waals surface area (Å²) >= 11 is 0. The fourth-order valence-corrected chi connectivity index (χ4v) is 3.43. The monoisotopic (exact) mass is 434 g/mol. The van der Waals surface area contributed by atoms with Gasteiger partial charge >= 0.3 is 12.3 Å². The summed E-state index contributed by atoms with van der Waals surface area (Å²) in [5, 5.41) is 0. The minimum absolute atomic E-state index is 0.369. The molecule has 1 aliphatic rings. The maximum Gasteiger partial charge on any atom is 0.416 e. The summed E-state index contributed by atoms with van der Waals surface area (Å²) in [4.78, 5) is 27.3. The number of hydrogen-bond donors (Lipinski definition) is 0. The van der Waals surface area contributed by atoms with E-state index in [0.29, 0.717) is 49.2 Å². The number of anilines is 1. The zero-order valence-corrected chi connectivity index (χ0v) is 17.7. The third-order valence-corrected chi connectivity index (χ3v) is 4.95. The van der Waals surface area contributed by atoms with Gasteiger partial charge in [0.1, 0.15) is 11.9 Å². The molecule has 1 saturated heterocycles. The van der Waals surface area contributed by atoms with Crippen molar-refractivity contribution in [3.63, 3.8) is 0 Å². The fraction of sp³-hybridized carbons (Fsp3) is 0.391. The first-order chi connectivity index (χ1) is 14.5. The van der Waals surface area contributed by atoms with Gasteiger partial charge in [0.2, 0.25) is 0 Å². The average molecular weight is 434 g/mol. The zero-order valence-electron chi connectivity index (χ0n) is 17.7. The van der Waals surface area contributed by atoms with Gasteiger partial charge in [-0.2, -0.15) is 13.2 Å². The normalized spacial score (nSPS) is 15.0. The summed E-state index contributed by atoms with van der Waals surface area (Å²) < 4.78 is 44.2. The van der Waals surface area contributed by atoms with Crippen LogP contribution in [0.4, 0.5) is 23.7 Å². The molecule has 0 atom stereocenters. The van der Waals surface area contributed by atoms with E-state index in [-0.39, 0.29) is 6.09 Å². The quantitative estimate of drug-likeness (QED) is 0.620. The van der Waals surface area contributed by atoms with Crippen LogP contribution in [0.3, 0.4) is 0 Å². The number of carbonyl (C=O) groups excluding carboxylic acids is 2. The van der Waals surface area contributed by atoms with Crippen LogP contribution in [0.2, 0.25) is 0 Å².